The van der Waals surface area contributed by atoms with Gasteiger partial charge in [0.25, 0.3) is 0 Å². The second-order valence-electron chi connectivity index (χ2n) is 4.85. The largest absolute Gasteiger partial charge is 0.393 e. The molecule has 4 heteroatoms. The minimum absolute atomic E-state index is 0.338. The number of thioether (sulfide) groups is 1. The Labute approximate surface area is 123 Å². The van der Waals surface area contributed by atoms with Crippen LogP contribution in [-0.2, 0) is 6.42 Å². The number of rotatable bonds is 4. The molecule has 1 atom stereocenters. The molecule has 1 heterocycles. The van der Waals surface area contributed by atoms with Crippen molar-refractivity contribution in [3.63, 3.8) is 0 Å². The molecule has 1 aliphatic rings. The van der Waals surface area contributed by atoms with Crippen LogP contribution in [0.1, 0.15) is 24.8 Å². The molecule has 0 radical (unpaired) electrons. The molecule has 1 nitrogen and oxygen atoms in total. The van der Waals surface area contributed by atoms with Crippen molar-refractivity contribution in [2.75, 3.05) is 11.5 Å². The highest BCUT2D eigenvalue weighted by Crippen LogP contribution is 2.30. The Morgan fingerprint density at radius 1 is 1.22 bits per heavy atom. The molecule has 18 heavy (non-hydrogen) atoms. The first-order chi connectivity index (χ1) is 8.66. The van der Waals surface area contributed by atoms with Crippen LogP contribution in [0.25, 0.3) is 0 Å². The lowest BCUT2D eigenvalue weighted by Crippen LogP contribution is -2.19. The maximum atomic E-state index is 10.2. The predicted octanol–water partition coefficient (Wildman–Crippen LogP) is 4.43. The Morgan fingerprint density at radius 2 is 1.83 bits per heavy atom. The lowest BCUT2D eigenvalue weighted by molar-refractivity contribution is 0.139. The van der Waals surface area contributed by atoms with Crippen LogP contribution < -0.4 is 0 Å². The highest BCUT2D eigenvalue weighted by Gasteiger charge is 2.19. The first kappa shape index (κ1) is 14.5. The fraction of sp³-hybridized carbons (Fsp3) is 0.571. The van der Waals surface area contributed by atoms with Crippen molar-refractivity contribution in [1.82, 2.24) is 0 Å². The van der Waals surface area contributed by atoms with Crippen LogP contribution in [0.5, 0.6) is 0 Å². The van der Waals surface area contributed by atoms with E-state index in [0.29, 0.717) is 22.4 Å². The molecule has 1 saturated heterocycles. The van der Waals surface area contributed by atoms with Crippen LogP contribution in [0.15, 0.2) is 18.2 Å². The average molecular weight is 305 g/mol. The smallest absolute Gasteiger partial charge is 0.0584 e. The van der Waals surface area contributed by atoms with Gasteiger partial charge in [0.15, 0.2) is 0 Å². The summed E-state index contributed by atoms with van der Waals surface area (Å²) in [6.07, 6.45) is 3.52. The molecule has 1 aliphatic heterocycles. The zero-order chi connectivity index (χ0) is 13.0. The number of aliphatic hydroxyl groups is 1. The van der Waals surface area contributed by atoms with Crippen molar-refractivity contribution in [3.8, 4) is 0 Å². The lowest BCUT2D eigenvalue weighted by atomic mass is 9.93. The molecule has 1 fully saturated rings. The number of benzene rings is 1. The Morgan fingerprint density at radius 3 is 2.44 bits per heavy atom. The molecule has 0 amide bonds. The van der Waals surface area contributed by atoms with Crippen LogP contribution in [0.3, 0.4) is 0 Å². The van der Waals surface area contributed by atoms with E-state index in [1.165, 1.54) is 24.3 Å². The van der Waals surface area contributed by atoms with Crippen molar-refractivity contribution >= 4 is 35.0 Å². The van der Waals surface area contributed by atoms with Crippen LogP contribution in [0, 0.1) is 5.92 Å². The van der Waals surface area contributed by atoms with Gasteiger partial charge in [-0.3, -0.25) is 0 Å². The Bertz CT molecular complexity index is 371. The third kappa shape index (κ3) is 4.06. The highest BCUT2D eigenvalue weighted by atomic mass is 35.5. The number of hydrogen-bond acceptors (Lipinski definition) is 2. The third-order valence-corrected chi connectivity index (χ3v) is 5.20. The first-order valence-electron chi connectivity index (χ1n) is 6.35. The zero-order valence-electron chi connectivity index (χ0n) is 10.2. The van der Waals surface area contributed by atoms with Crippen LogP contribution in [-0.4, -0.2) is 22.7 Å². The summed E-state index contributed by atoms with van der Waals surface area (Å²) in [6, 6.07) is 5.48. The van der Waals surface area contributed by atoms with E-state index in [1.54, 1.807) is 0 Å². The van der Waals surface area contributed by atoms with Crippen LogP contribution in [0.2, 0.25) is 10.0 Å². The normalized spacial score (nSPS) is 18.8. The molecular formula is C14H18Cl2OS. The van der Waals surface area contributed by atoms with Crippen molar-refractivity contribution in [1.29, 1.82) is 0 Å². The molecule has 0 aliphatic carbocycles. The van der Waals surface area contributed by atoms with E-state index in [4.69, 9.17) is 23.2 Å². The van der Waals surface area contributed by atoms with Crippen LogP contribution in [0.4, 0.5) is 0 Å². The van der Waals surface area contributed by atoms with E-state index in [1.807, 2.05) is 30.0 Å². The Balaban J connectivity index is 1.92. The molecule has 0 bridgehead atoms. The Kier molecular flexibility index (Phi) is 5.68. The average Bonchev–Trinajstić information content (AvgIpc) is 2.35. The molecule has 2 rings (SSSR count). The Hall–Kier alpha value is 0.110. The number of hydrogen-bond donors (Lipinski definition) is 1. The SMILES string of the molecule is OC(Cc1c(Cl)cccc1Cl)CC1CCSCC1. The lowest BCUT2D eigenvalue weighted by Gasteiger charge is -2.24. The maximum Gasteiger partial charge on any atom is 0.0584 e. The van der Waals surface area contributed by atoms with E-state index >= 15 is 0 Å². The minimum Gasteiger partial charge on any atom is -0.393 e. The second kappa shape index (κ2) is 7.04. The third-order valence-electron chi connectivity index (χ3n) is 3.45. The van der Waals surface area contributed by atoms with Gasteiger partial charge in [-0.1, -0.05) is 29.3 Å². The standard InChI is InChI=1S/C14H18Cl2OS/c15-13-2-1-3-14(16)12(13)9-11(17)8-10-4-6-18-7-5-10/h1-3,10-11,17H,4-9H2. The molecule has 1 aromatic carbocycles. The monoisotopic (exact) mass is 304 g/mol. The topological polar surface area (TPSA) is 20.2 Å². The quantitative estimate of drug-likeness (QED) is 0.888. The minimum atomic E-state index is -0.338. The highest BCUT2D eigenvalue weighted by molar-refractivity contribution is 7.99. The summed E-state index contributed by atoms with van der Waals surface area (Å²) in [5.41, 5.74) is 0.874. The van der Waals surface area contributed by atoms with Gasteiger partial charge < -0.3 is 5.11 Å². The summed E-state index contributed by atoms with van der Waals surface area (Å²) < 4.78 is 0. The van der Waals surface area contributed by atoms with Gasteiger partial charge in [-0.05, 0) is 54.4 Å². The fourth-order valence-electron chi connectivity index (χ4n) is 2.41. The van der Waals surface area contributed by atoms with E-state index in [9.17, 15) is 5.11 Å². The molecule has 1 aromatic rings. The van der Waals surface area contributed by atoms with Crippen molar-refractivity contribution in [3.05, 3.63) is 33.8 Å². The molecule has 100 valence electrons. The van der Waals surface area contributed by atoms with E-state index in [0.717, 1.165) is 12.0 Å². The van der Waals surface area contributed by atoms with E-state index in [-0.39, 0.29) is 6.10 Å². The van der Waals surface area contributed by atoms with Crippen molar-refractivity contribution < 1.29 is 5.11 Å². The summed E-state index contributed by atoms with van der Waals surface area (Å²) in [7, 11) is 0. The number of aliphatic hydroxyl groups excluding tert-OH is 1. The molecule has 0 saturated carbocycles. The fourth-order valence-corrected chi connectivity index (χ4v) is 4.17. The van der Waals surface area contributed by atoms with E-state index in [2.05, 4.69) is 0 Å². The maximum absolute atomic E-state index is 10.2. The molecular weight excluding hydrogens is 287 g/mol. The van der Waals surface area contributed by atoms with Crippen molar-refractivity contribution in [2.24, 2.45) is 5.92 Å². The van der Waals surface area contributed by atoms with Gasteiger partial charge in [0.05, 0.1) is 6.10 Å². The van der Waals surface area contributed by atoms with Crippen molar-refractivity contribution in [2.45, 2.75) is 31.8 Å². The van der Waals surface area contributed by atoms with Gasteiger partial charge in [0.1, 0.15) is 0 Å². The van der Waals surface area contributed by atoms with Gasteiger partial charge in [-0.2, -0.15) is 11.8 Å². The number of halogens is 2. The van der Waals surface area contributed by atoms with E-state index < -0.39 is 0 Å². The van der Waals surface area contributed by atoms with Crippen LogP contribution >= 0.6 is 35.0 Å². The summed E-state index contributed by atoms with van der Waals surface area (Å²) in [4.78, 5) is 0. The molecule has 0 aromatic heterocycles. The molecule has 1 N–H and O–H groups in total. The molecule has 0 spiro atoms. The van der Waals surface area contributed by atoms with Gasteiger partial charge in [-0.25, -0.2) is 0 Å². The summed E-state index contributed by atoms with van der Waals surface area (Å²) in [6.45, 7) is 0. The first-order valence-corrected chi connectivity index (χ1v) is 8.26. The van der Waals surface area contributed by atoms with Gasteiger partial charge in [0.2, 0.25) is 0 Å². The summed E-state index contributed by atoms with van der Waals surface area (Å²) in [5.74, 6) is 3.11. The van der Waals surface area contributed by atoms with Gasteiger partial charge in [-0.15, -0.1) is 0 Å². The zero-order valence-corrected chi connectivity index (χ0v) is 12.6. The molecule has 1 unspecified atom stereocenters. The van der Waals surface area contributed by atoms with Gasteiger partial charge >= 0.3 is 0 Å². The predicted molar refractivity (Wildman–Crippen MR) is 80.8 cm³/mol. The van der Waals surface area contributed by atoms with Gasteiger partial charge in [0, 0.05) is 16.5 Å². The summed E-state index contributed by atoms with van der Waals surface area (Å²) >= 11 is 14.2. The second-order valence-corrected chi connectivity index (χ2v) is 6.89. The summed E-state index contributed by atoms with van der Waals surface area (Å²) in [5, 5.41) is 11.5.